The van der Waals surface area contributed by atoms with Gasteiger partial charge in [0.2, 0.25) is 0 Å². The Morgan fingerprint density at radius 1 is 1.36 bits per heavy atom. The number of hydrogen-bond acceptors (Lipinski definition) is 1. The lowest BCUT2D eigenvalue weighted by atomic mass is 9.98. The van der Waals surface area contributed by atoms with Crippen LogP contribution in [0.4, 0.5) is 0 Å². The maximum Gasteiger partial charge on any atom is 0.198 e. The van der Waals surface area contributed by atoms with E-state index in [4.69, 9.17) is 0 Å². The first-order valence-electron chi connectivity index (χ1n) is 8.25. The quantitative estimate of drug-likeness (QED) is 0.864. The highest BCUT2D eigenvalue weighted by atomic mass is 79.9. The molecule has 1 saturated heterocycles. The van der Waals surface area contributed by atoms with Crippen LogP contribution in [0.3, 0.4) is 0 Å². The molecule has 2 heterocycles. The van der Waals surface area contributed by atoms with Gasteiger partial charge in [-0.2, -0.15) is 0 Å². The molecular formula is C18H24BrN2O+. The zero-order valence-corrected chi connectivity index (χ0v) is 14.9. The number of H-pyrrole nitrogens is 1. The second-order valence-electron chi connectivity index (χ2n) is 6.43. The molecule has 3 rings (SSSR count). The van der Waals surface area contributed by atoms with Gasteiger partial charge in [0.15, 0.2) is 5.43 Å². The van der Waals surface area contributed by atoms with Gasteiger partial charge in [0, 0.05) is 21.1 Å². The first kappa shape index (κ1) is 15.8. The molecule has 3 nitrogen and oxygen atoms in total. The predicted molar refractivity (Wildman–Crippen MR) is 94.5 cm³/mol. The minimum atomic E-state index is 0.195. The highest BCUT2D eigenvalue weighted by Gasteiger charge is 2.26. The van der Waals surface area contributed by atoms with Gasteiger partial charge in [-0.3, -0.25) is 4.79 Å². The summed E-state index contributed by atoms with van der Waals surface area (Å²) in [4.78, 5) is 17.9. The van der Waals surface area contributed by atoms with Crippen molar-refractivity contribution in [2.45, 2.75) is 52.1 Å². The van der Waals surface area contributed by atoms with Crippen LogP contribution in [-0.2, 0) is 6.54 Å². The van der Waals surface area contributed by atoms with Crippen LogP contribution in [-0.4, -0.2) is 17.6 Å². The smallest absolute Gasteiger partial charge is 0.198 e. The third kappa shape index (κ3) is 2.99. The second-order valence-corrected chi connectivity index (χ2v) is 7.35. The summed E-state index contributed by atoms with van der Waals surface area (Å²) in [5, 5.41) is 0.791. The number of fused-ring (bicyclic) bond motifs is 1. The lowest BCUT2D eigenvalue weighted by Gasteiger charge is -2.32. The highest BCUT2D eigenvalue weighted by molar-refractivity contribution is 9.10. The Balaban J connectivity index is 2.01. The fourth-order valence-corrected chi connectivity index (χ4v) is 4.10. The van der Waals surface area contributed by atoms with Crippen molar-refractivity contribution in [3.8, 4) is 0 Å². The van der Waals surface area contributed by atoms with Gasteiger partial charge in [0.25, 0.3) is 0 Å². The maximum absolute atomic E-state index is 12.9. The number of aryl methyl sites for hydroxylation is 1. The van der Waals surface area contributed by atoms with Crippen LogP contribution in [0.2, 0.25) is 0 Å². The van der Waals surface area contributed by atoms with Gasteiger partial charge < -0.3 is 9.88 Å². The number of pyridine rings is 1. The minimum Gasteiger partial charge on any atom is -0.358 e. The monoisotopic (exact) mass is 363 g/mol. The molecule has 0 amide bonds. The molecular weight excluding hydrogens is 340 g/mol. The lowest BCUT2D eigenvalue weighted by molar-refractivity contribution is -0.944. The van der Waals surface area contributed by atoms with E-state index in [0.29, 0.717) is 6.04 Å². The maximum atomic E-state index is 12.9. The van der Waals surface area contributed by atoms with E-state index in [-0.39, 0.29) is 5.43 Å². The summed E-state index contributed by atoms with van der Waals surface area (Å²) in [6, 6.07) is 6.58. The van der Waals surface area contributed by atoms with Gasteiger partial charge in [-0.25, -0.2) is 0 Å². The number of halogens is 1. The summed E-state index contributed by atoms with van der Waals surface area (Å²) >= 11 is 3.47. The molecule has 0 spiro atoms. The van der Waals surface area contributed by atoms with Crippen LogP contribution < -0.4 is 10.3 Å². The average Bonchev–Trinajstić information content (AvgIpc) is 2.52. The largest absolute Gasteiger partial charge is 0.358 e. The van der Waals surface area contributed by atoms with E-state index < -0.39 is 0 Å². The Kier molecular flexibility index (Phi) is 4.69. The van der Waals surface area contributed by atoms with Gasteiger partial charge in [-0.15, -0.1) is 0 Å². The fraction of sp³-hybridized carbons (Fsp3) is 0.500. The predicted octanol–water partition coefficient (Wildman–Crippen LogP) is 2.95. The Labute approximate surface area is 139 Å². The molecule has 0 radical (unpaired) electrons. The number of aromatic nitrogens is 1. The van der Waals surface area contributed by atoms with Crippen molar-refractivity contribution in [3.63, 3.8) is 0 Å². The molecule has 1 aliphatic rings. The molecule has 2 aromatic rings. The van der Waals surface area contributed by atoms with E-state index in [0.717, 1.165) is 33.2 Å². The Morgan fingerprint density at radius 3 is 2.95 bits per heavy atom. The van der Waals surface area contributed by atoms with Gasteiger partial charge in [0.05, 0.1) is 18.2 Å². The summed E-state index contributed by atoms with van der Waals surface area (Å²) in [6.45, 7) is 6.34. The van der Waals surface area contributed by atoms with Crippen LogP contribution in [0.15, 0.2) is 27.5 Å². The Morgan fingerprint density at radius 2 is 2.18 bits per heavy atom. The molecule has 2 atom stereocenters. The first-order valence-corrected chi connectivity index (χ1v) is 9.05. The Hall–Kier alpha value is -1.13. The lowest BCUT2D eigenvalue weighted by Crippen LogP contribution is -3.15. The number of hydrogen-bond donors (Lipinski definition) is 2. The van der Waals surface area contributed by atoms with Crippen LogP contribution in [0.5, 0.6) is 0 Å². The van der Waals surface area contributed by atoms with Gasteiger partial charge in [-0.1, -0.05) is 22.9 Å². The van der Waals surface area contributed by atoms with Crippen molar-refractivity contribution >= 4 is 26.8 Å². The van der Waals surface area contributed by atoms with E-state index in [1.54, 1.807) is 4.90 Å². The van der Waals surface area contributed by atoms with Crippen LogP contribution in [0, 0.1) is 6.92 Å². The zero-order valence-electron chi connectivity index (χ0n) is 13.3. The normalized spacial score (nSPS) is 22.1. The minimum absolute atomic E-state index is 0.195. The van der Waals surface area contributed by atoms with E-state index in [9.17, 15) is 4.79 Å². The number of aromatic amines is 1. The van der Waals surface area contributed by atoms with Crippen LogP contribution in [0.25, 0.3) is 10.9 Å². The molecule has 1 aromatic heterocycles. The zero-order chi connectivity index (χ0) is 15.7. The molecule has 2 N–H and O–H groups in total. The van der Waals surface area contributed by atoms with Crippen molar-refractivity contribution in [3.05, 3.63) is 44.2 Å². The molecule has 0 bridgehead atoms. The van der Waals surface area contributed by atoms with E-state index in [1.165, 1.54) is 32.2 Å². The molecule has 1 aliphatic heterocycles. The molecule has 22 heavy (non-hydrogen) atoms. The number of piperidine rings is 1. The van der Waals surface area contributed by atoms with Crippen molar-refractivity contribution in [2.24, 2.45) is 0 Å². The molecule has 1 fully saturated rings. The number of likely N-dealkylation sites (tertiary alicyclic amines) is 1. The van der Waals surface area contributed by atoms with E-state index in [2.05, 4.69) is 27.8 Å². The number of rotatable bonds is 3. The standard InChI is InChI=1S/C18H23BrN2O/c1-3-14-6-4-5-9-21(14)11-16-12(2)20-17-8-7-13(19)10-15(17)18(16)22/h7-8,10,14H,3-6,9,11H2,1-2H3,(H,20,22)/p+1/t14-/m0/s1. The van der Waals surface area contributed by atoms with E-state index in [1.807, 2.05) is 25.1 Å². The van der Waals surface area contributed by atoms with E-state index >= 15 is 0 Å². The summed E-state index contributed by atoms with van der Waals surface area (Å²) in [5.41, 5.74) is 3.10. The van der Waals surface area contributed by atoms with Crippen molar-refractivity contribution in [2.75, 3.05) is 6.54 Å². The topological polar surface area (TPSA) is 37.3 Å². The Bertz CT molecular complexity index is 738. The highest BCUT2D eigenvalue weighted by Crippen LogP contribution is 2.17. The van der Waals surface area contributed by atoms with Crippen molar-refractivity contribution in [1.29, 1.82) is 0 Å². The van der Waals surface area contributed by atoms with Crippen molar-refractivity contribution in [1.82, 2.24) is 4.98 Å². The first-order chi connectivity index (χ1) is 10.6. The van der Waals surface area contributed by atoms with Crippen molar-refractivity contribution < 1.29 is 4.90 Å². The summed E-state index contributed by atoms with van der Waals surface area (Å²) in [7, 11) is 0. The second kappa shape index (κ2) is 6.55. The van der Waals surface area contributed by atoms with Crippen LogP contribution in [0.1, 0.15) is 43.9 Å². The number of quaternary nitrogens is 1. The fourth-order valence-electron chi connectivity index (χ4n) is 3.74. The SMILES string of the molecule is CC[C@H]1CCCC[NH+]1Cc1c(C)[nH]c2ccc(Br)cc2c1=O. The average molecular weight is 364 g/mol. The molecule has 1 aromatic carbocycles. The third-order valence-electron chi connectivity index (χ3n) is 5.05. The summed E-state index contributed by atoms with van der Waals surface area (Å²) in [5.74, 6) is 0. The molecule has 118 valence electrons. The van der Waals surface area contributed by atoms with Gasteiger partial charge >= 0.3 is 0 Å². The third-order valence-corrected chi connectivity index (χ3v) is 5.54. The molecule has 0 saturated carbocycles. The summed E-state index contributed by atoms with van der Waals surface area (Å²) in [6.07, 6.45) is 5.11. The number of nitrogens with one attached hydrogen (secondary N) is 2. The number of benzene rings is 1. The summed E-state index contributed by atoms with van der Waals surface area (Å²) < 4.78 is 0.956. The molecule has 1 unspecified atom stereocenters. The van der Waals surface area contributed by atoms with Gasteiger partial charge in [0.1, 0.15) is 6.54 Å². The van der Waals surface area contributed by atoms with Crippen LogP contribution >= 0.6 is 15.9 Å². The molecule has 0 aliphatic carbocycles. The van der Waals surface area contributed by atoms with Gasteiger partial charge in [-0.05, 0) is 50.8 Å². The molecule has 4 heteroatoms.